The lowest BCUT2D eigenvalue weighted by Crippen LogP contribution is -2.42. The van der Waals surface area contributed by atoms with Crippen molar-refractivity contribution in [2.24, 2.45) is 0 Å². The lowest BCUT2D eigenvalue weighted by Gasteiger charge is -2.29. The van der Waals surface area contributed by atoms with Crippen molar-refractivity contribution in [2.45, 2.75) is 43.9 Å². The minimum atomic E-state index is 0.158. The first kappa shape index (κ1) is 15.9. The summed E-state index contributed by atoms with van der Waals surface area (Å²) in [5, 5.41) is 13.0. The number of ether oxygens (including phenoxy) is 2. The van der Waals surface area contributed by atoms with Crippen LogP contribution in [0.4, 0.5) is 0 Å². The van der Waals surface area contributed by atoms with Gasteiger partial charge >= 0.3 is 0 Å². The van der Waals surface area contributed by atoms with Crippen LogP contribution in [0.3, 0.4) is 0 Å². The molecule has 0 amide bonds. The molecule has 0 saturated carbocycles. The number of hydrogen-bond acceptors (Lipinski definition) is 5. The maximum absolute atomic E-state index is 9.39. The van der Waals surface area contributed by atoms with E-state index in [2.05, 4.69) is 16.4 Å². The van der Waals surface area contributed by atoms with Gasteiger partial charge in [-0.1, -0.05) is 12.1 Å². The van der Waals surface area contributed by atoms with E-state index < -0.39 is 0 Å². The van der Waals surface area contributed by atoms with Gasteiger partial charge in [-0.25, -0.2) is 4.98 Å². The van der Waals surface area contributed by atoms with Gasteiger partial charge in [0.15, 0.2) is 0 Å². The quantitative estimate of drug-likeness (QED) is 0.928. The summed E-state index contributed by atoms with van der Waals surface area (Å²) in [7, 11) is 1.63. The molecule has 2 aliphatic rings. The van der Waals surface area contributed by atoms with Crippen molar-refractivity contribution in [2.75, 3.05) is 7.11 Å². The number of aromatic nitrogens is 1. The Morgan fingerprint density at radius 3 is 2.64 bits per heavy atom. The summed E-state index contributed by atoms with van der Waals surface area (Å²) in [6.45, 7) is 0. The Morgan fingerprint density at radius 2 is 1.92 bits per heavy atom. The van der Waals surface area contributed by atoms with Crippen LogP contribution >= 0.6 is 0 Å². The lowest BCUT2D eigenvalue weighted by molar-refractivity contribution is 0.132. The monoisotopic (exact) mass is 335 g/mol. The number of para-hydroxylation sites is 1. The van der Waals surface area contributed by atoms with Crippen molar-refractivity contribution in [1.82, 2.24) is 10.3 Å². The molecule has 1 aromatic heterocycles. The second-order valence-corrected chi connectivity index (χ2v) is 6.74. The van der Waals surface area contributed by atoms with E-state index in [0.29, 0.717) is 29.2 Å². The number of methoxy groups -OCH3 is 1. The van der Waals surface area contributed by atoms with Gasteiger partial charge in [-0.3, -0.25) is 0 Å². The SMILES string of the molecule is COc1ccccc1-c1cc(C#N)cc(OC2CC3CCC(C2)N3)n1. The average molecular weight is 335 g/mol. The van der Waals surface area contributed by atoms with Crippen LogP contribution in [0.2, 0.25) is 0 Å². The van der Waals surface area contributed by atoms with E-state index in [9.17, 15) is 5.26 Å². The average Bonchev–Trinajstić information content (AvgIpc) is 2.99. The van der Waals surface area contributed by atoms with Crippen LogP contribution in [0.15, 0.2) is 36.4 Å². The first-order valence-corrected chi connectivity index (χ1v) is 8.73. The van der Waals surface area contributed by atoms with Gasteiger partial charge in [0.25, 0.3) is 0 Å². The fourth-order valence-corrected chi connectivity index (χ4v) is 3.90. The third-order valence-corrected chi connectivity index (χ3v) is 5.03. The number of nitrogens with one attached hydrogen (secondary N) is 1. The van der Waals surface area contributed by atoms with Crippen LogP contribution < -0.4 is 14.8 Å². The van der Waals surface area contributed by atoms with Crippen molar-refractivity contribution >= 4 is 0 Å². The largest absolute Gasteiger partial charge is 0.496 e. The Balaban J connectivity index is 1.63. The molecule has 2 aliphatic heterocycles. The molecule has 0 spiro atoms. The standard InChI is InChI=1S/C20H21N3O2/c1-24-19-5-3-2-4-17(19)18-8-13(12-21)9-20(23-18)25-16-10-14-6-7-15(11-16)22-14/h2-5,8-9,14-16,22H,6-7,10-11H2,1H3. The Labute approximate surface area is 147 Å². The molecule has 25 heavy (non-hydrogen) atoms. The highest BCUT2D eigenvalue weighted by Crippen LogP contribution is 2.32. The summed E-state index contributed by atoms with van der Waals surface area (Å²) in [5.41, 5.74) is 2.10. The molecule has 128 valence electrons. The molecule has 2 aromatic rings. The number of piperidine rings is 1. The highest BCUT2D eigenvalue weighted by Gasteiger charge is 2.34. The van der Waals surface area contributed by atoms with E-state index in [4.69, 9.17) is 9.47 Å². The maximum atomic E-state index is 9.39. The Bertz CT molecular complexity index is 803. The van der Waals surface area contributed by atoms with Crippen LogP contribution in [-0.2, 0) is 0 Å². The molecule has 1 N–H and O–H groups in total. The van der Waals surface area contributed by atoms with Crippen LogP contribution in [0.1, 0.15) is 31.2 Å². The fraction of sp³-hybridized carbons (Fsp3) is 0.400. The number of hydrogen-bond donors (Lipinski definition) is 1. The van der Waals surface area contributed by atoms with Crippen molar-refractivity contribution in [1.29, 1.82) is 5.26 Å². The van der Waals surface area contributed by atoms with Crippen LogP contribution in [0.5, 0.6) is 11.6 Å². The van der Waals surface area contributed by atoms with Gasteiger partial charge in [-0.2, -0.15) is 5.26 Å². The van der Waals surface area contributed by atoms with Gasteiger partial charge in [-0.05, 0) is 43.9 Å². The first-order valence-electron chi connectivity index (χ1n) is 8.73. The molecule has 0 radical (unpaired) electrons. The first-order chi connectivity index (χ1) is 12.2. The topological polar surface area (TPSA) is 67.2 Å². The van der Waals surface area contributed by atoms with Gasteiger partial charge in [0.05, 0.1) is 24.4 Å². The number of rotatable bonds is 4. The summed E-state index contributed by atoms with van der Waals surface area (Å²) in [5.74, 6) is 1.25. The van der Waals surface area contributed by atoms with E-state index in [1.54, 1.807) is 19.2 Å². The van der Waals surface area contributed by atoms with E-state index in [-0.39, 0.29) is 6.10 Å². The van der Waals surface area contributed by atoms with Gasteiger partial charge in [-0.15, -0.1) is 0 Å². The van der Waals surface area contributed by atoms with Crippen LogP contribution in [0, 0.1) is 11.3 Å². The van der Waals surface area contributed by atoms with E-state index in [1.165, 1.54) is 12.8 Å². The third kappa shape index (κ3) is 3.31. The summed E-state index contributed by atoms with van der Waals surface area (Å²) < 4.78 is 11.6. The molecule has 1 aromatic carbocycles. The number of fused-ring (bicyclic) bond motifs is 2. The highest BCUT2D eigenvalue weighted by molar-refractivity contribution is 5.68. The van der Waals surface area contributed by atoms with E-state index in [1.807, 2.05) is 24.3 Å². The molecule has 2 unspecified atom stereocenters. The second kappa shape index (κ2) is 6.73. The zero-order valence-corrected chi connectivity index (χ0v) is 14.2. The van der Waals surface area contributed by atoms with Crippen molar-refractivity contribution in [3.8, 4) is 29.0 Å². The lowest BCUT2D eigenvalue weighted by atomic mass is 10.0. The zero-order chi connectivity index (χ0) is 17.2. The molecule has 5 nitrogen and oxygen atoms in total. The molecule has 4 rings (SSSR count). The third-order valence-electron chi connectivity index (χ3n) is 5.03. The second-order valence-electron chi connectivity index (χ2n) is 6.74. The fourth-order valence-electron chi connectivity index (χ4n) is 3.90. The number of benzene rings is 1. The summed E-state index contributed by atoms with van der Waals surface area (Å²) in [6, 6.07) is 14.5. The molecule has 0 aliphatic carbocycles. The smallest absolute Gasteiger partial charge is 0.215 e. The molecule has 3 heterocycles. The highest BCUT2D eigenvalue weighted by atomic mass is 16.5. The van der Waals surface area contributed by atoms with E-state index >= 15 is 0 Å². The normalized spacial score (nSPS) is 24.6. The predicted molar refractivity (Wildman–Crippen MR) is 94.5 cm³/mol. The van der Waals surface area contributed by atoms with E-state index in [0.717, 1.165) is 24.2 Å². The van der Waals surface area contributed by atoms with Crippen molar-refractivity contribution in [3.05, 3.63) is 42.0 Å². The molecule has 2 fully saturated rings. The van der Waals surface area contributed by atoms with Gasteiger partial charge in [0.2, 0.25) is 5.88 Å². The Morgan fingerprint density at radius 1 is 1.16 bits per heavy atom. The van der Waals surface area contributed by atoms with Gasteiger partial charge in [0.1, 0.15) is 11.9 Å². The number of pyridine rings is 1. The number of nitrogens with zero attached hydrogens (tertiary/aromatic N) is 2. The minimum absolute atomic E-state index is 0.158. The van der Waals surface area contributed by atoms with Crippen LogP contribution in [0.25, 0.3) is 11.3 Å². The van der Waals surface area contributed by atoms with Crippen molar-refractivity contribution < 1.29 is 9.47 Å². The van der Waals surface area contributed by atoms with Crippen LogP contribution in [-0.4, -0.2) is 30.3 Å². The summed E-state index contributed by atoms with van der Waals surface area (Å²) >= 11 is 0. The zero-order valence-electron chi connectivity index (χ0n) is 14.2. The summed E-state index contributed by atoms with van der Waals surface area (Å²) in [6.07, 6.45) is 4.61. The predicted octanol–water partition coefficient (Wildman–Crippen LogP) is 3.29. The summed E-state index contributed by atoms with van der Waals surface area (Å²) in [4.78, 5) is 4.65. The molecule has 2 saturated heterocycles. The Kier molecular flexibility index (Phi) is 4.29. The number of nitriles is 1. The molecule has 2 bridgehead atoms. The van der Waals surface area contributed by atoms with Gasteiger partial charge < -0.3 is 14.8 Å². The van der Waals surface area contributed by atoms with Gasteiger partial charge in [0, 0.05) is 23.7 Å². The molecule has 2 atom stereocenters. The molecular weight excluding hydrogens is 314 g/mol. The minimum Gasteiger partial charge on any atom is -0.496 e. The van der Waals surface area contributed by atoms with Crippen molar-refractivity contribution in [3.63, 3.8) is 0 Å². The molecular formula is C20H21N3O2. The Hall–Kier alpha value is -2.58. The maximum Gasteiger partial charge on any atom is 0.215 e. The molecule has 5 heteroatoms.